The van der Waals surface area contributed by atoms with Crippen LogP contribution in [0.2, 0.25) is 0 Å². The molecule has 1 heterocycles. The van der Waals surface area contributed by atoms with E-state index in [1.54, 1.807) is 26.4 Å². The predicted octanol–water partition coefficient (Wildman–Crippen LogP) is 2.97. The quantitative estimate of drug-likeness (QED) is 0.912. The van der Waals surface area contributed by atoms with E-state index in [4.69, 9.17) is 5.11 Å². The molecule has 0 bridgehead atoms. The lowest BCUT2D eigenvalue weighted by molar-refractivity contribution is -0.138. The van der Waals surface area contributed by atoms with Gasteiger partial charge < -0.3 is 9.67 Å². The Bertz CT molecular complexity index is 547. The molecule has 19 heavy (non-hydrogen) atoms. The molecule has 0 aliphatic carbocycles. The van der Waals surface area contributed by atoms with Gasteiger partial charge in [0.05, 0.1) is 6.33 Å². The van der Waals surface area contributed by atoms with Crippen molar-refractivity contribution >= 4 is 17.7 Å². The molecular formula is C14H16N2O2S. The highest BCUT2D eigenvalue weighted by Crippen LogP contribution is 2.28. The summed E-state index contributed by atoms with van der Waals surface area (Å²) in [4.78, 5) is 15.0. The minimum Gasteiger partial charge on any atom is -0.480 e. The van der Waals surface area contributed by atoms with Crippen molar-refractivity contribution in [3.05, 3.63) is 48.5 Å². The second-order valence-electron chi connectivity index (χ2n) is 4.74. The largest absolute Gasteiger partial charge is 0.480 e. The highest BCUT2D eigenvalue weighted by molar-refractivity contribution is 8.00. The van der Waals surface area contributed by atoms with Crippen LogP contribution in [0.5, 0.6) is 0 Å². The van der Waals surface area contributed by atoms with Gasteiger partial charge in [-0.1, -0.05) is 12.1 Å². The summed E-state index contributed by atoms with van der Waals surface area (Å²) in [6.07, 6.45) is 5.37. The van der Waals surface area contributed by atoms with Crippen LogP contribution in [0.25, 0.3) is 5.69 Å². The van der Waals surface area contributed by atoms with Crippen LogP contribution in [-0.2, 0) is 10.5 Å². The molecule has 1 aromatic carbocycles. The van der Waals surface area contributed by atoms with E-state index in [-0.39, 0.29) is 0 Å². The molecule has 2 rings (SSSR count). The Hall–Kier alpha value is -1.75. The van der Waals surface area contributed by atoms with Gasteiger partial charge >= 0.3 is 5.97 Å². The maximum atomic E-state index is 11.0. The van der Waals surface area contributed by atoms with Crippen LogP contribution in [0.1, 0.15) is 19.4 Å². The molecule has 0 aliphatic heterocycles. The summed E-state index contributed by atoms with van der Waals surface area (Å²) in [5.74, 6) is -0.101. The number of rotatable bonds is 5. The van der Waals surface area contributed by atoms with E-state index in [0.717, 1.165) is 11.3 Å². The summed E-state index contributed by atoms with van der Waals surface area (Å²) in [7, 11) is 0. The van der Waals surface area contributed by atoms with Crippen LogP contribution in [0.4, 0.5) is 0 Å². The van der Waals surface area contributed by atoms with Gasteiger partial charge in [-0.3, -0.25) is 4.79 Å². The Kier molecular flexibility index (Phi) is 3.95. The molecular weight excluding hydrogens is 260 g/mol. The van der Waals surface area contributed by atoms with Crippen LogP contribution in [-0.4, -0.2) is 25.4 Å². The average molecular weight is 276 g/mol. The van der Waals surface area contributed by atoms with Crippen LogP contribution in [0, 0.1) is 0 Å². The highest BCUT2D eigenvalue weighted by Gasteiger charge is 2.27. The lowest BCUT2D eigenvalue weighted by Crippen LogP contribution is -2.27. The van der Waals surface area contributed by atoms with Crippen molar-refractivity contribution in [2.24, 2.45) is 0 Å². The number of thioether (sulfide) groups is 1. The third-order valence-electron chi connectivity index (χ3n) is 2.85. The molecule has 1 N–H and O–H groups in total. The van der Waals surface area contributed by atoms with E-state index in [9.17, 15) is 4.79 Å². The molecule has 0 saturated heterocycles. The number of imidazole rings is 1. The van der Waals surface area contributed by atoms with Gasteiger partial charge in [-0.25, -0.2) is 4.98 Å². The number of carboxylic acid groups (broad SMARTS) is 1. The van der Waals surface area contributed by atoms with E-state index >= 15 is 0 Å². The van der Waals surface area contributed by atoms with E-state index in [2.05, 4.69) is 4.98 Å². The topological polar surface area (TPSA) is 55.1 Å². The fraction of sp³-hybridized carbons (Fsp3) is 0.286. The number of benzene rings is 1. The lowest BCUT2D eigenvalue weighted by atomic mass is 10.2. The van der Waals surface area contributed by atoms with Gasteiger partial charge in [0.25, 0.3) is 0 Å². The highest BCUT2D eigenvalue weighted by atomic mass is 32.2. The van der Waals surface area contributed by atoms with Gasteiger partial charge in [0.1, 0.15) is 4.75 Å². The smallest absolute Gasteiger partial charge is 0.319 e. The zero-order valence-electron chi connectivity index (χ0n) is 10.9. The second kappa shape index (κ2) is 5.48. The molecule has 1 aromatic heterocycles. The van der Waals surface area contributed by atoms with Crippen molar-refractivity contribution in [2.75, 3.05) is 0 Å². The molecule has 0 amide bonds. The summed E-state index contributed by atoms with van der Waals surface area (Å²) in [6.45, 7) is 3.44. The number of hydrogen-bond donors (Lipinski definition) is 1. The van der Waals surface area contributed by atoms with Crippen molar-refractivity contribution in [1.82, 2.24) is 9.55 Å². The van der Waals surface area contributed by atoms with E-state index < -0.39 is 10.7 Å². The minimum atomic E-state index is -0.785. The number of nitrogens with zero attached hydrogens (tertiary/aromatic N) is 2. The molecule has 0 unspecified atom stereocenters. The number of hydrogen-bond acceptors (Lipinski definition) is 3. The van der Waals surface area contributed by atoms with E-state index in [1.165, 1.54) is 11.8 Å². The minimum absolute atomic E-state index is 0.684. The Morgan fingerprint density at radius 3 is 2.58 bits per heavy atom. The molecule has 4 nitrogen and oxygen atoms in total. The van der Waals surface area contributed by atoms with Gasteiger partial charge in [0.15, 0.2) is 0 Å². The Labute approximate surface area is 116 Å². The summed E-state index contributed by atoms with van der Waals surface area (Å²) in [5.41, 5.74) is 2.16. The van der Waals surface area contributed by atoms with Crippen molar-refractivity contribution in [1.29, 1.82) is 0 Å². The molecule has 0 radical (unpaired) electrons. The average Bonchev–Trinajstić information content (AvgIpc) is 2.91. The summed E-state index contributed by atoms with van der Waals surface area (Å²) in [5, 5.41) is 9.06. The third kappa shape index (κ3) is 3.38. The Morgan fingerprint density at radius 1 is 1.37 bits per heavy atom. The second-order valence-corrected chi connectivity index (χ2v) is 6.34. The van der Waals surface area contributed by atoms with Gasteiger partial charge in [0, 0.05) is 23.8 Å². The van der Waals surface area contributed by atoms with Crippen molar-refractivity contribution in [2.45, 2.75) is 24.3 Å². The molecule has 0 fully saturated rings. The molecule has 0 saturated carbocycles. The lowest BCUT2D eigenvalue weighted by Gasteiger charge is -2.18. The van der Waals surface area contributed by atoms with Crippen LogP contribution >= 0.6 is 11.8 Å². The SMILES string of the molecule is CC(C)(SCc1ccc(-n2ccnc2)cc1)C(=O)O. The monoisotopic (exact) mass is 276 g/mol. The number of aromatic nitrogens is 2. The standard InChI is InChI=1S/C14H16N2O2S/c1-14(2,13(17)18)19-9-11-3-5-12(6-4-11)16-8-7-15-10-16/h3-8,10H,9H2,1-2H3,(H,17,18). The summed E-state index contributed by atoms with van der Waals surface area (Å²) < 4.78 is 1.17. The van der Waals surface area contributed by atoms with Gasteiger partial charge in [0.2, 0.25) is 0 Å². The number of aliphatic carboxylic acids is 1. The Balaban J connectivity index is 2.02. The molecule has 0 atom stereocenters. The molecule has 100 valence electrons. The van der Waals surface area contributed by atoms with Crippen molar-refractivity contribution in [3.8, 4) is 5.69 Å². The van der Waals surface area contributed by atoms with Gasteiger partial charge in [-0.2, -0.15) is 0 Å². The maximum absolute atomic E-state index is 11.0. The summed E-state index contributed by atoms with van der Waals surface area (Å²) in [6, 6.07) is 8.04. The fourth-order valence-electron chi connectivity index (χ4n) is 1.50. The zero-order chi connectivity index (χ0) is 13.9. The van der Waals surface area contributed by atoms with Crippen LogP contribution < -0.4 is 0 Å². The number of carboxylic acids is 1. The van der Waals surface area contributed by atoms with Crippen LogP contribution in [0.3, 0.4) is 0 Å². The van der Waals surface area contributed by atoms with Crippen LogP contribution in [0.15, 0.2) is 43.0 Å². The van der Waals surface area contributed by atoms with E-state index in [0.29, 0.717) is 5.75 Å². The fourth-order valence-corrected chi connectivity index (χ4v) is 2.35. The first kappa shape index (κ1) is 13.7. The first-order chi connectivity index (χ1) is 8.99. The van der Waals surface area contributed by atoms with Crippen molar-refractivity contribution < 1.29 is 9.90 Å². The predicted molar refractivity (Wildman–Crippen MR) is 76.6 cm³/mol. The van der Waals surface area contributed by atoms with Crippen molar-refractivity contribution in [3.63, 3.8) is 0 Å². The molecule has 5 heteroatoms. The van der Waals surface area contributed by atoms with E-state index in [1.807, 2.05) is 35.0 Å². The zero-order valence-corrected chi connectivity index (χ0v) is 11.7. The normalized spacial score (nSPS) is 11.5. The molecule has 2 aromatic rings. The van der Waals surface area contributed by atoms with Gasteiger partial charge in [-0.15, -0.1) is 11.8 Å². The van der Waals surface area contributed by atoms with Gasteiger partial charge in [-0.05, 0) is 31.5 Å². The third-order valence-corrected chi connectivity index (χ3v) is 4.23. The maximum Gasteiger partial charge on any atom is 0.319 e. The summed E-state index contributed by atoms with van der Waals surface area (Å²) >= 11 is 1.42. The molecule has 0 aliphatic rings. The molecule has 0 spiro atoms. The first-order valence-electron chi connectivity index (χ1n) is 5.94. The number of carbonyl (C=O) groups is 1. The first-order valence-corrected chi connectivity index (χ1v) is 6.92. The Morgan fingerprint density at radius 2 is 2.05 bits per heavy atom.